The molecule has 1 heterocycles. The van der Waals surface area contributed by atoms with Gasteiger partial charge in [-0.05, 0) is 12.3 Å². The predicted molar refractivity (Wildman–Crippen MR) is 46.6 cm³/mol. The maximum absolute atomic E-state index is 3.56. The number of piperazine rings is 1. The highest BCUT2D eigenvalue weighted by molar-refractivity contribution is 4.81. The molecule has 1 aliphatic heterocycles. The Balaban J connectivity index is 1.67. The lowest BCUT2D eigenvalue weighted by Gasteiger charge is -2.32. The molecule has 0 bridgehead atoms. The van der Waals surface area contributed by atoms with E-state index in [4.69, 9.17) is 0 Å². The van der Waals surface area contributed by atoms with Crippen molar-refractivity contribution in [2.45, 2.75) is 31.7 Å². The summed E-state index contributed by atoms with van der Waals surface area (Å²) in [5.41, 5.74) is 0. The van der Waals surface area contributed by atoms with Crippen LogP contribution >= 0.6 is 0 Å². The van der Waals surface area contributed by atoms with Crippen molar-refractivity contribution in [1.82, 2.24) is 10.6 Å². The minimum Gasteiger partial charge on any atom is -0.314 e. The minimum absolute atomic E-state index is 0.772. The molecule has 64 valence electrons. The average molecular weight is 154 g/mol. The van der Waals surface area contributed by atoms with Crippen LogP contribution in [-0.4, -0.2) is 25.7 Å². The number of rotatable bonds is 2. The van der Waals surface area contributed by atoms with Crippen LogP contribution in [0.3, 0.4) is 0 Å². The number of hydrogen-bond donors (Lipinski definition) is 2. The van der Waals surface area contributed by atoms with Crippen molar-refractivity contribution in [3.05, 3.63) is 0 Å². The summed E-state index contributed by atoms with van der Waals surface area (Å²) < 4.78 is 0. The molecule has 2 fully saturated rings. The summed E-state index contributed by atoms with van der Waals surface area (Å²) in [6.07, 6.45) is 5.86. The first kappa shape index (κ1) is 7.56. The molecule has 0 aromatic heterocycles. The zero-order chi connectivity index (χ0) is 7.52. The topological polar surface area (TPSA) is 24.1 Å². The molecule has 2 aliphatic rings. The van der Waals surface area contributed by atoms with Crippen molar-refractivity contribution in [3.8, 4) is 0 Å². The van der Waals surface area contributed by atoms with E-state index in [0.717, 1.165) is 25.0 Å². The lowest BCUT2D eigenvalue weighted by molar-refractivity contribution is 0.247. The third-order valence-corrected chi connectivity index (χ3v) is 2.97. The Morgan fingerprint density at radius 1 is 1.18 bits per heavy atom. The van der Waals surface area contributed by atoms with E-state index in [9.17, 15) is 0 Å². The highest BCUT2D eigenvalue weighted by Crippen LogP contribution is 2.30. The SMILES string of the molecule is C1CC(CC2CNCCN2)C1. The summed E-state index contributed by atoms with van der Waals surface area (Å²) in [4.78, 5) is 0. The monoisotopic (exact) mass is 154 g/mol. The van der Waals surface area contributed by atoms with E-state index in [-0.39, 0.29) is 0 Å². The lowest BCUT2D eigenvalue weighted by atomic mass is 9.80. The zero-order valence-corrected chi connectivity index (χ0v) is 7.10. The molecular weight excluding hydrogens is 136 g/mol. The molecule has 1 unspecified atom stereocenters. The molecule has 1 atom stereocenters. The summed E-state index contributed by atoms with van der Waals surface area (Å²) in [5, 5.41) is 6.98. The van der Waals surface area contributed by atoms with E-state index in [1.54, 1.807) is 0 Å². The third-order valence-electron chi connectivity index (χ3n) is 2.97. The molecule has 1 saturated heterocycles. The van der Waals surface area contributed by atoms with Crippen LogP contribution < -0.4 is 10.6 Å². The van der Waals surface area contributed by atoms with Crippen molar-refractivity contribution < 1.29 is 0 Å². The lowest BCUT2D eigenvalue weighted by Crippen LogP contribution is -2.49. The highest BCUT2D eigenvalue weighted by Gasteiger charge is 2.22. The Hall–Kier alpha value is -0.0800. The van der Waals surface area contributed by atoms with Crippen LogP contribution in [0.2, 0.25) is 0 Å². The second-order valence-electron chi connectivity index (χ2n) is 3.89. The number of nitrogens with one attached hydrogen (secondary N) is 2. The molecule has 2 rings (SSSR count). The van der Waals surface area contributed by atoms with E-state index >= 15 is 0 Å². The molecule has 2 heteroatoms. The summed E-state index contributed by atoms with van der Waals surface area (Å²) >= 11 is 0. The summed E-state index contributed by atoms with van der Waals surface area (Å²) in [6.45, 7) is 3.51. The van der Waals surface area contributed by atoms with Crippen molar-refractivity contribution in [2.75, 3.05) is 19.6 Å². The van der Waals surface area contributed by atoms with Gasteiger partial charge in [0.25, 0.3) is 0 Å². The van der Waals surface area contributed by atoms with Crippen LogP contribution in [-0.2, 0) is 0 Å². The van der Waals surface area contributed by atoms with Crippen molar-refractivity contribution in [1.29, 1.82) is 0 Å². The molecule has 2 N–H and O–H groups in total. The molecule has 0 aromatic carbocycles. The van der Waals surface area contributed by atoms with Crippen LogP contribution in [0.1, 0.15) is 25.7 Å². The Bertz CT molecular complexity index is 115. The standard InChI is InChI=1S/C9H18N2/c1-2-8(3-1)6-9-7-10-4-5-11-9/h8-11H,1-7H2. The van der Waals surface area contributed by atoms with Crippen LogP contribution in [0.4, 0.5) is 0 Å². The van der Waals surface area contributed by atoms with Gasteiger partial charge >= 0.3 is 0 Å². The predicted octanol–water partition coefficient (Wildman–Crippen LogP) is 0.738. The molecule has 1 aliphatic carbocycles. The van der Waals surface area contributed by atoms with Gasteiger partial charge in [0, 0.05) is 25.7 Å². The molecule has 0 spiro atoms. The summed E-state index contributed by atoms with van der Waals surface area (Å²) in [5.74, 6) is 1.05. The van der Waals surface area contributed by atoms with Gasteiger partial charge in [-0.2, -0.15) is 0 Å². The Morgan fingerprint density at radius 3 is 2.64 bits per heavy atom. The van der Waals surface area contributed by atoms with Crippen LogP contribution in [0, 0.1) is 5.92 Å². The van der Waals surface area contributed by atoms with Gasteiger partial charge in [-0.25, -0.2) is 0 Å². The van der Waals surface area contributed by atoms with Crippen LogP contribution in [0.15, 0.2) is 0 Å². The fourth-order valence-corrected chi connectivity index (χ4v) is 2.01. The van der Waals surface area contributed by atoms with Crippen molar-refractivity contribution >= 4 is 0 Å². The first-order valence-electron chi connectivity index (χ1n) is 4.89. The van der Waals surface area contributed by atoms with Gasteiger partial charge in [-0.15, -0.1) is 0 Å². The van der Waals surface area contributed by atoms with Gasteiger partial charge in [-0.3, -0.25) is 0 Å². The summed E-state index contributed by atoms with van der Waals surface area (Å²) in [7, 11) is 0. The Morgan fingerprint density at radius 2 is 2.09 bits per heavy atom. The minimum atomic E-state index is 0.772. The van der Waals surface area contributed by atoms with E-state index in [1.807, 2.05) is 0 Å². The third kappa shape index (κ3) is 1.94. The molecule has 2 nitrogen and oxygen atoms in total. The maximum atomic E-state index is 3.56. The molecule has 0 radical (unpaired) electrons. The van der Waals surface area contributed by atoms with Gasteiger partial charge < -0.3 is 10.6 Å². The normalized spacial score (nSPS) is 33.3. The quantitative estimate of drug-likeness (QED) is 0.613. The molecular formula is C9H18N2. The van der Waals surface area contributed by atoms with E-state index in [0.29, 0.717) is 0 Å². The fraction of sp³-hybridized carbons (Fsp3) is 1.00. The van der Waals surface area contributed by atoms with Gasteiger partial charge in [-0.1, -0.05) is 19.3 Å². The van der Waals surface area contributed by atoms with E-state index in [1.165, 1.54) is 32.2 Å². The fourth-order valence-electron chi connectivity index (χ4n) is 2.01. The van der Waals surface area contributed by atoms with Crippen molar-refractivity contribution in [2.24, 2.45) is 5.92 Å². The molecule has 1 saturated carbocycles. The Labute approximate surface area is 68.7 Å². The molecule has 11 heavy (non-hydrogen) atoms. The second-order valence-corrected chi connectivity index (χ2v) is 3.89. The zero-order valence-electron chi connectivity index (χ0n) is 7.10. The first-order valence-corrected chi connectivity index (χ1v) is 4.89. The highest BCUT2D eigenvalue weighted by atomic mass is 15.0. The van der Waals surface area contributed by atoms with Gasteiger partial charge in [0.15, 0.2) is 0 Å². The average Bonchev–Trinajstić information content (AvgIpc) is 1.99. The second kappa shape index (κ2) is 3.55. The van der Waals surface area contributed by atoms with Crippen LogP contribution in [0.25, 0.3) is 0 Å². The first-order chi connectivity index (χ1) is 5.45. The van der Waals surface area contributed by atoms with Gasteiger partial charge in [0.05, 0.1) is 0 Å². The smallest absolute Gasteiger partial charge is 0.0195 e. The number of hydrogen-bond acceptors (Lipinski definition) is 2. The maximum Gasteiger partial charge on any atom is 0.0195 e. The van der Waals surface area contributed by atoms with E-state index in [2.05, 4.69) is 10.6 Å². The van der Waals surface area contributed by atoms with Crippen LogP contribution in [0.5, 0.6) is 0 Å². The van der Waals surface area contributed by atoms with Gasteiger partial charge in [0.1, 0.15) is 0 Å². The molecule has 0 amide bonds. The van der Waals surface area contributed by atoms with E-state index < -0.39 is 0 Å². The van der Waals surface area contributed by atoms with Gasteiger partial charge in [0.2, 0.25) is 0 Å². The van der Waals surface area contributed by atoms with Crippen molar-refractivity contribution in [3.63, 3.8) is 0 Å². The Kier molecular flexibility index (Phi) is 2.44. The molecule has 0 aromatic rings. The summed E-state index contributed by atoms with van der Waals surface area (Å²) in [6, 6.07) is 0.772. The largest absolute Gasteiger partial charge is 0.314 e.